The van der Waals surface area contributed by atoms with Crippen molar-refractivity contribution < 1.29 is 9.90 Å². The first kappa shape index (κ1) is 10.1. The molecule has 3 heteroatoms. The second kappa shape index (κ2) is 3.05. The molecule has 1 aliphatic carbocycles. The summed E-state index contributed by atoms with van der Waals surface area (Å²) in [5.41, 5.74) is 1.87. The highest BCUT2D eigenvalue weighted by Crippen LogP contribution is 2.64. The van der Waals surface area contributed by atoms with Gasteiger partial charge in [-0.3, -0.25) is 9.78 Å². The first-order valence-electron chi connectivity index (χ1n) is 5.10. The monoisotopic (exact) mass is 205 g/mol. The van der Waals surface area contributed by atoms with Gasteiger partial charge in [0.05, 0.1) is 5.92 Å². The fourth-order valence-electron chi connectivity index (χ4n) is 2.38. The van der Waals surface area contributed by atoms with Crippen LogP contribution in [0.25, 0.3) is 0 Å². The van der Waals surface area contributed by atoms with Crippen molar-refractivity contribution in [3.8, 4) is 0 Å². The molecule has 0 amide bonds. The molecule has 1 saturated carbocycles. The fraction of sp³-hybridized carbons (Fsp3) is 0.500. The predicted molar refractivity (Wildman–Crippen MR) is 56.6 cm³/mol. The molecule has 1 aromatic rings. The molecular formula is C12H15NO2. The van der Waals surface area contributed by atoms with Crippen molar-refractivity contribution in [1.29, 1.82) is 0 Å². The summed E-state index contributed by atoms with van der Waals surface area (Å²) in [7, 11) is 0. The van der Waals surface area contributed by atoms with Crippen LogP contribution in [-0.4, -0.2) is 16.1 Å². The van der Waals surface area contributed by atoms with Crippen molar-refractivity contribution in [1.82, 2.24) is 4.98 Å². The van der Waals surface area contributed by atoms with Crippen LogP contribution in [0.5, 0.6) is 0 Å². The van der Waals surface area contributed by atoms with Crippen LogP contribution in [0, 0.1) is 18.3 Å². The largest absolute Gasteiger partial charge is 0.481 e. The second-order valence-corrected chi connectivity index (χ2v) is 4.85. The smallest absolute Gasteiger partial charge is 0.307 e. The molecule has 0 radical (unpaired) electrons. The molecule has 2 unspecified atom stereocenters. The van der Waals surface area contributed by atoms with Gasteiger partial charge in [-0.2, -0.15) is 0 Å². The zero-order valence-electron chi connectivity index (χ0n) is 9.19. The van der Waals surface area contributed by atoms with Gasteiger partial charge >= 0.3 is 5.97 Å². The number of hydrogen-bond acceptors (Lipinski definition) is 2. The maximum atomic E-state index is 11.0. The molecule has 0 aromatic carbocycles. The Kier molecular flexibility index (Phi) is 2.07. The summed E-state index contributed by atoms with van der Waals surface area (Å²) in [6, 6.07) is 3.92. The average molecular weight is 205 g/mol. The molecule has 15 heavy (non-hydrogen) atoms. The van der Waals surface area contributed by atoms with E-state index in [0.29, 0.717) is 0 Å². The van der Waals surface area contributed by atoms with Gasteiger partial charge in [-0.25, -0.2) is 0 Å². The van der Waals surface area contributed by atoms with Crippen molar-refractivity contribution in [2.45, 2.75) is 26.7 Å². The first-order chi connectivity index (χ1) is 6.94. The zero-order chi connectivity index (χ0) is 11.2. The van der Waals surface area contributed by atoms with E-state index in [1.54, 1.807) is 6.20 Å². The average Bonchev–Trinajstić information content (AvgIpc) is 2.70. The number of aliphatic carboxylic acids is 1. The summed E-state index contributed by atoms with van der Waals surface area (Å²) in [6.45, 7) is 5.92. The lowest BCUT2D eigenvalue weighted by molar-refractivity contribution is -0.139. The SMILES string of the molecule is Cc1ccc(C2C(C(=O)O)C2(C)C)cn1. The van der Waals surface area contributed by atoms with Gasteiger partial charge in [0, 0.05) is 17.8 Å². The second-order valence-electron chi connectivity index (χ2n) is 4.85. The number of hydrogen-bond donors (Lipinski definition) is 1. The standard InChI is InChI=1S/C12H15NO2/c1-7-4-5-8(6-13-7)9-10(11(14)15)12(9,2)3/h4-6,9-10H,1-3H3,(H,14,15). The van der Waals surface area contributed by atoms with Crippen LogP contribution in [0.1, 0.15) is 31.0 Å². The summed E-state index contributed by atoms with van der Waals surface area (Å²) >= 11 is 0. The van der Waals surface area contributed by atoms with Crippen LogP contribution < -0.4 is 0 Å². The molecule has 2 rings (SSSR count). The van der Waals surface area contributed by atoms with Crippen molar-refractivity contribution >= 4 is 5.97 Å². The number of aromatic nitrogens is 1. The molecule has 0 bridgehead atoms. The third-order valence-electron chi connectivity index (χ3n) is 3.39. The fourth-order valence-corrected chi connectivity index (χ4v) is 2.38. The van der Waals surface area contributed by atoms with Crippen molar-refractivity contribution in [2.75, 3.05) is 0 Å². The molecule has 0 aliphatic heterocycles. The van der Waals surface area contributed by atoms with Crippen LogP contribution in [0.3, 0.4) is 0 Å². The quantitative estimate of drug-likeness (QED) is 0.805. The summed E-state index contributed by atoms with van der Waals surface area (Å²) in [5, 5.41) is 9.05. The van der Waals surface area contributed by atoms with Gasteiger partial charge in [-0.05, 0) is 24.0 Å². The van der Waals surface area contributed by atoms with Crippen LogP contribution >= 0.6 is 0 Å². The van der Waals surface area contributed by atoms with E-state index in [0.717, 1.165) is 11.3 Å². The highest BCUT2D eigenvalue weighted by molar-refractivity contribution is 5.77. The lowest BCUT2D eigenvalue weighted by Gasteiger charge is -2.02. The van der Waals surface area contributed by atoms with Gasteiger partial charge in [0.1, 0.15) is 0 Å². The van der Waals surface area contributed by atoms with Crippen molar-refractivity contribution in [3.63, 3.8) is 0 Å². The van der Waals surface area contributed by atoms with E-state index in [2.05, 4.69) is 4.98 Å². The van der Waals surface area contributed by atoms with Gasteiger partial charge in [0.2, 0.25) is 0 Å². The lowest BCUT2D eigenvalue weighted by atomic mass is 10.0. The summed E-state index contributed by atoms with van der Waals surface area (Å²) in [6.07, 6.45) is 1.80. The Hall–Kier alpha value is -1.38. The molecule has 1 aromatic heterocycles. The number of carboxylic acid groups (broad SMARTS) is 1. The number of carbonyl (C=O) groups is 1. The van der Waals surface area contributed by atoms with Gasteiger partial charge < -0.3 is 5.11 Å². The van der Waals surface area contributed by atoms with Crippen LogP contribution in [0.15, 0.2) is 18.3 Å². The molecule has 1 heterocycles. The normalized spacial score (nSPS) is 27.4. The van der Waals surface area contributed by atoms with Gasteiger partial charge in [-0.15, -0.1) is 0 Å². The molecular weight excluding hydrogens is 190 g/mol. The topological polar surface area (TPSA) is 50.2 Å². The van der Waals surface area contributed by atoms with Gasteiger partial charge in [0.25, 0.3) is 0 Å². The molecule has 2 atom stereocenters. The molecule has 0 saturated heterocycles. The van der Waals surface area contributed by atoms with E-state index >= 15 is 0 Å². The van der Waals surface area contributed by atoms with Crippen LogP contribution in [0.4, 0.5) is 0 Å². The molecule has 80 valence electrons. The first-order valence-corrected chi connectivity index (χ1v) is 5.10. The Morgan fingerprint density at radius 1 is 1.47 bits per heavy atom. The summed E-state index contributed by atoms with van der Waals surface area (Å²) < 4.78 is 0. The highest BCUT2D eigenvalue weighted by atomic mass is 16.4. The number of carboxylic acids is 1. The third kappa shape index (κ3) is 1.52. The summed E-state index contributed by atoms with van der Waals surface area (Å²) in [4.78, 5) is 15.2. The molecule has 1 aliphatic rings. The highest BCUT2D eigenvalue weighted by Gasteiger charge is 2.62. The maximum absolute atomic E-state index is 11.0. The van der Waals surface area contributed by atoms with E-state index in [1.165, 1.54) is 0 Å². The van der Waals surface area contributed by atoms with E-state index < -0.39 is 5.97 Å². The number of aryl methyl sites for hydroxylation is 1. The van der Waals surface area contributed by atoms with Gasteiger partial charge in [-0.1, -0.05) is 19.9 Å². The Labute approximate surface area is 89.2 Å². The lowest BCUT2D eigenvalue weighted by Crippen LogP contribution is -2.03. The number of pyridine rings is 1. The summed E-state index contributed by atoms with van der Waals surface area (Å²) in [5.74, 6) is -0.851. The van der Waals surface area contributed by atoms with E-state index in [9.17, 15) is 4.79 Å². The minimum absolute atomic E-state index is 0.114. The van der Waals surface area contributed by atoms with Crippen molar-refractivity contribution in [3.05, 3.63) is 29.6 Å². The molecule has 0 spiro atoms. The Bertz CT molecular complexity index is 395. The third-order valence-corrected chi connectivity index (χ3v) is 3.39. The molecule has 1 fully saturated rings. The van der Waals surface area contributed by atoms with Gasteiger partial charge in [0.15, 0.2) is 0 Å². The van der Waals surface area contributed by atoms with E-state index in [-0.39, 0.29) is 17.3 Å². The van der Waals surface area contributed by atoms with Crippen LogP contribution in [-0.2, 0) is 4.79 Å². The Morgan fingerprint density at radius 2 is 2.13 bits per heavy atom. The zero-order valence-corrected chi connectivity index (χ0v) is 9.19. The predicted octanol–water partition coefficient (Wildman–Crippen LogP) is 2.21. The Balaban J connectivity index is 2.27. The molecule has 3 nitrogen and oxygen atoms in total. The number of rotatable bonds is 2. The Morgan fingerprint density at radius 3 is 2.53 bits per heavy atom. The van der Waals surface area contributed by atoms with Crippen LogP contribution in [0.2, 0.25) is 0 Å². The minimum Gasteiger partial charge on any atom is -0.481 e. The number of nitrogens with zero attached hydrogens (tertiary/aromatic N) is 1. The maximum Gasteiger partial charge on any atom is 0.307 e. The molecule has 1 N–H and O–H groups in total. The van der Waals surface area contributed by atoms with Crippen molar-refractivity contribution in [2.24, 2.45) is 11.3 Å². The van der Waals surface area contributed by atoms with E-state index in [1.807, 2.05) is 32.9 Å². The minimum atomic E-state index is -0.703. The van der Waals surface area contributed by atoms with E-state index in [4.69, 9.17) is 5.11 Å².